The fourth-order valence-corrected chi connectivity index (χ4v) is 4.54. The van der Waals surface area contributed by atoms with E-state index in [1.807, 2.05) is 86.9 Å². The second-order valence-electron chi connectivity index (χ2n) is 10.5. The monoisotopic (exact) mass is 512 g/mol. The molecule has 1 saturated heterocycles. The number of alkyl carbamates (subject to hydrolysis) is 1. The Hall–Kier alpha value is -4.40. The summed E-state index contributed by atoms with van der Waals surface area (Å²) in [6.45, 7) is 6.56. The van der Waals surface area contributed by atoms with Crippen molar-refractivity contribution in [2.24, 2.45) is 0 Å². The van der Waals surface area contributed by atoms with Gasteiger partial charge in [0.15, 0.2) is 5.65 Å². The summed E-state index contributed by atoms with van der Waals surface area (Å²) in [4.78, 5) is 33.1. The molecule has 1 atom stereocenters. The quantitative estimate of drug-likeness (QED) is 0.404. The van der Waals surface area contributed by atoms with Gasteiger partial charge in [-0.2, -0.15) is 0 Å². The maximum Gasteiger partial charge on any atom is 0.407 e. The first-order valence-corrected chi connectivity index (χ1v) is 12.7. The Morgan fingerprint density at radius 1 is 1.08 bits per heavy atom. The Kier molecular flexibility index (Phi) is 6.75. The minimum Gasteiger partial charge on any atom is -0.444 e. The molecule has 2 aromatic carbocycles. The summed E-state index contributed by atoms with van der Waals surface area (Å²) >= 11 is 0. The lowest BCUT2D eigenvalue weighted by Crippen LogP contribution is -2.40. The Balaban J connectivity index is 1.30. The first kappa shape index (κ1) is 25.3. The van der Waals surface area contributed by atoms with Crippen LogP contribution >= 0.6 is 0 Å². The normalized spacial score (nSPS) is 15.6. The number of benzene rings is 2. The molecule has 0 unspecified atom stereocenters. The van der Waals surface area contributed by atoms with E-state index in [1.165, 1.54) is 5.56 Å². The fourth-order valence-electron chi connectivity index (χ4n) is 4.54. The maximum atomic E-state index is 12.7. The van der Waals surface area contributed by atoms with E-state index in [0.29, 0.717) is 6.54 Å². The van der Waals surface area contributed by atoms with Crippen molar-refractivity contribution in [2.75, 3.05) is 23.4 Å². The predicted molar refractivity (Wildman–Crippen MR) is 147 cm³/mol. The van der Waals surface area contributed by atoms with Crippen LogP contribution in [0.1, 0.15) is 32.8 Å². The Labute approximate surface area is 222 Å². The second kappa shape index (κ2) is 10.2. The maximum absolute atomic E-state index is 12.7. The molecule has 5 rings (SSSR count). The molecule has 1 N–H and O–H groups in total. The van der Waals surface area contributed by atoms with Gasteiger partial charge in [0.1, 0.15) is 11.4 Å². The van der Waals surface area contributed by atoms with Crippen molar-refractivity contribution in [2.45, 2.75) is 45.4 Å². The van der Waals surface area contributed by atoms with Gasteiger partial charge in [-0.25, -0.2) is 14.3 Å². The van der Waals surface area contributed by atoms with E-state index in [2.05, 4.69) is 27.3 Å². The lowest BCUT2D eigenvalue weighted by Gasteiger charge is -2.22. The van der Waals surface area contributed by atoms with E-state index >= 15 is 0 Å². The topological polar surface area (TPSA) is 92.1 Å². The zero-order chi connectivity index (χ0) is 26.9. The van der Waals surface area contributed by atoms with Gasteiger partial charge in [-0.15, -0.1) is 5.10 Å². The summed E-state index contributed by atoms with van der Waals surface area (Å²) in [5, 5.41) is 7.65. The second-order valence-corrected chi connectivity index (χ2v) is 10.5. The van der Waals surface area contributed by atoms with Crippen molar-refractivity contribution in [3.63, 3.8) is 0 Å². The molecule has 9 heteroatoms. The number of amides is 2. The van der Waals surface area contributed by atoms with Crippen LogP contribution in [0.3, 0.4) is 0 Å². The van der Waals surface area contributed by atoms with Gasteiger partial charge in [0, 0.05) is 37.8 Å². The number of rotatable bonds is 6. The van der Waals surface area contributed by atoms with Gasteiger partial charge in [0.2, 0.25) is 5.91 Å². The Morgan fingerprint density at radius 2 is 1.82 bits per heavy atom. The number of hydrogen-bond donors (Lipinski definition) is 1. The molecule has 0 spiro atoms. The van der Waals surface area contributed by atoms with E-state index in [9.17, 15) is 9.59 Å². The number of aromatic nitrogens is 3. The summed E-state index contributed by atoms with van der Waals surface area (Å²) in [6, 6.07) is 21.6. The average molecular weight is 513 g/mol. The minimum atomic E-state index is -0.590. The SMILES string of the molecule is CN(Cc1ccccc1)c1ccc2ncc(-c3ccc(N4C[C@@H](NC(=O)OC(C)(C)C)CC4=O)cc3)n2n1. The lowest BCUT2D eigenvalue weighted by atomic mass is 10.1. The van der Waals surface area contributed by atoms with Crippen molar-refractivity contribution in [1.82, 2.24) is 19.9 Å². The molecule has 2 amide bonds. The number of carbonyl (C=O) groups excluding carboxylic acids is 2. The number of carbonyl (C=O) groups is 2. The van der Waals surface area contributed by atoms with E-state index < -0.39 is 11.7 Å². The number of anilines is 2. The highest BCUT2D eigenvalue weighted by molar-refractivity contribution is 5.96. The van der Waals surface area contributed by atoms with Crippen LogP contribution in [0, 0.1) is 0 Å². The largest absolute Gasteiger partial charge is 0.444 e. The number of imidazole rings is 1. The lowest BCUT2D eigenvalue weighted by molar-refractivity contribution is -0.117. The summed E-state index contributed by atoms with van der Waals surface area (Å²) in [5.41, 5.74) is 3.94. The Morgan fingerprint density at radius 3 is 2.53 bits per heavy atom. The van der Waals surface area contributed by atoms with E-state index in [0.717, 1.165) is 35.0 Å². The van der Waals surface area contributed by atoms with Gasteiger partial charge in [-0.1, -0.05) is 42.5 Å². The number of nitrogens with one attached hydrogen (secondary N) is 1. The van der Waals surface area contributed by atoms with E-state index in [4.69, 9.17) is 9.84 Å². The van der Waals surface area contributed by atoms with Crippen molar-refractivity contribution < 1.29 is 14.3 Å². The third kappa shape index (κ3) is 5.61. The van der Waals surface area contributed by atoms with E-state index in [-0.39, 0.29) is 18.4 Å². The highest BCUT2D eigenvalue weighted by atomic mass is 16.6. The molecule has 1 aliphatic heterocycles. The molecular formula is C29H32N6O3. The fraction of sp³-hybridized carbons (Fsp3) is 0.310. The molecule has 4 aromatic rings. The van der Waals surface area contributed by atoms with Crippen LogP contribution in [0.4, 0.5) is 16.3 Å². The van der Waals surface area contributed by atoms with Crippen LogP contribution in [-0.4, -0.2) is 51.8 Å². The van der Waals surface area contributed by atoms with Gasteiger partial charge < -0.3 is 19.9 Å². The molecule has 1 aliphatic rings. The highest BCUT2D eigenvalue weighted by Crippen LogP contribution is 2.27. The molecule has 0 saturated carbocycles. The number of hydrogen-bond acceptors (Lipinski definition) is 6. The predicted octanol–water partition coefficient (Wildman–Crippen LogP) is 4.66. The third-order valence-electron chi connectivity index (χ3n) is 6.32. The van der Waals surface area contributed by atoms with Gasteiger partial charge >= 0.3 is 6.09 Å². The standard InChI is InChI=1S/C29H32N6O3/c1-29(2,3)38-28(37)31-22-16-27(36)34(19-22)23-12-10-21(11-13-23)24-17-30-25-14-15-26(32-35(24)25)33(4)18-20-8-6-5-7-9-20/h5-15,17,22H,16,18-19H2,1-4H3,(H,31,37)/t22-/m0/s1. The minimum absolute atomic E-state index is 0.0404. The molecule has 0 bridgehead atoms. The van der Waals surface area contributed by atoms with Crippen molar-refractivity contribution in [1.29, 1.82) is 0 Å². The van der Waals surface area contributed by atoms with Crippen molar-refractivity contribution in [3.05, 3.63) is 78.5 Å². The number of nitrogens with zero attached hydrogens (tertiary/aromatic N) is 5. The van der Waals surface area contributed by atoms with Crippen LogP contribution in [0.5, 0.6) is 0 Å². The van der Waals surface area contributed by atoms with Crippen molar-refractivity contribution >= 4 is 29.2 Å². The summed E-state index contributed by atoms with van der Waals surface area (Å²) in [7, 11) is 2.02. The van der Waals surface area contributed by atoms with Gasteiger partial charge in [-0.3, -0.25) is 4.79 Å². The summed E-state index contributed by atoms with van der Waals surface area (Å²) in [5.74, 6) is 0.796. The highest BCUT2D eigenvalue weighted by Gasteiger charge is 2.32. The molecule has 0 radical (unpaired) electrons. The van der Waals surface area contributed by atoms with Gasteiger partial charge in [-0.05, 0) is 50.6 Å². The molecular weight excluding hydrogens is 480 g/mol. The third-order valence-corrected chi connectivity index (χ3v) is 6.32. The average Bonchev–Trinajstić information content (AvgIpc) is 3.46. The van der Waals surface area contributed by atoms with Crippen LogP contribution in [-0.2, 0) is 16.1 Å². The van der Waals surface area contributed by atoms with Crippen molar-refractivity contribution in [3.8, 4) is 11.3 Å². The zero-order valence-corrected chi connectivity index (χ0v) is 22.1. The summed E-state index contributed by atoms with van der Waals surface area (Å²) in [6.07, 6.45) is 1.53. The van der Waals surface area contributed by atoms with Crippen LogP contribution in [0.15, 0.2) is 72.9 Å². The molecule has 9 nitrogen and oxygen atoms in total. The van der Waals surface area contributed by atoms with Crippen LogP contribution in [0.25, 0.3) is 16.9 Å². The number of fused-ring (bicyclic) bond motifs is 1. The molecule has 0 aliphatic carbocycles. The van der Waals surface area contributed by atoms with E-state index in [1.54, 1.807) is 11.1 Å². The number of ether oxygens (including phenoxy) is 1. The van der Waals surface area contributed by atoms with Crippen LogP contribution in [0.2, 0.25) is 0 Å². The van der Waals surface area contributed by atoms with Crippen LogP contribution < -0.4 is 15.1 Å². The Bertz CT molecular complexity index is 1440. The molecule has 2 aromatic heterocycles. The molecule has 1 fully saturated rings. The first-order valence-electron chi connectivity index (χ1n) is 12.7. The van der Waals surface area contributed by atoms with Gasteiger partial charge in [0.25, 0.3) is 0 Å². The first-order chi connectivity index (χ1) is 18.2. The zero-order valence-electron chi connectivity index (χ0n) is 22.1. The van der Waals surface area contributed by atoms with Gasteiger partial charge in [0.05, 0.1) is 17.9 Å². The smallest absolute Gasteiger partial charge is 0.407 e. The molecule has 196 valence electrons. The summed E-state index contributed by atoms with van der Waals surface area (Å²) < 4.78 is 7.16. The molecule has 3 heterocycles. The molecule has 38 heavy (non-hydrogen) atoms.